The lowest BCUT2D eigenvalue weighted by Crippen LogP contribution is -2.33. The number of halogens is 2. The number of rotatable bonds is 7. The highest BCUT2D eigenvalue weighted by atomic mass is 79.9. The highest BCUT2D eigenvalue weighted by molar-refractivity contribution is 9.10. The molecular formula is C23H18BrClN2O4. The molecule has 0 radical (unpaired) electrons. The largest absolute Gasteiger partial charge is 0.481 e. The third-order valence-electron chi connectivity index (χ3n) is 4.04. The first-order valence-electron chi connectivity index (χ1n) is 9.23. The fourth-order valence-corrected chi connectivity index (χ4v) is 2.89. The number of hydrazone groups is 1. The monoisotopic (exact) mass is 500 g/mol. The van der Waals surface area contributed by atoms with E-state index < -0.39 is 12.1 Å². The van der Waals surface area contributed by atoms with Crippen molar-refractivity contribution in [3.05, 3.63) is 93.4 Å². The number of carbonyl (C=O) groups excluding carboxylic acids is 2. The predicted octanol–water partition coefficient (Wildman–Crippen LogP) is 5.24. The molecule has 0 aliphatic rings. The second-order valence-electron chi connectivity index (χ2n) is 6.42. The molecule has 158 valence electrons. The Morgan fingerprint density at radius 1 is 1.03 bits per heavy atom. The predicted molar refractivity (Wildman–Crippen MR) is 123 cm³/mol. The van der Waals surface area contributed by atoms with Crippen LogP contribution in [0.1, 0.15) is 22.8 Å². The summed E-state index contributed by atoms with van der Waals surface area (Å²) in [5.41, 5.74) is 3.51. The Morgan fingerprint density at radius 2 is 1.71 bits per heavy atom. The first-order valence-corrected chi connectivity index (χ1v) is 10.4. The van der Waals surface area contributed by atoms with Crippen LogP contribution >= 0.6 is 27.5 Å². The third-order valence-corrected chi connectivity index (χ3v) is 4.80. The standard InChI is InChI=1S/C23H18BrClN2O4/c1-15(30-20-11-7-18(24)8-12-20)22(28)27-26-14-16-5-9-21(10-6-16)31-23(29)17-3-2-4-19(25)13-17/h2-15H,1H3,(H,27,28)/b26-14-/t15-/m1/s1. The van der Waals surface area contributed by atoms with Gasteiger partial charge in [-0.05, 0) is 79.2 Å². The summed E-state index contributed by atoms with van der Waals surface area (Å²) in [7, 11) is 0. The van der Waals surface area contributed by atoms with Gasteiger partial charge in [-0.1, -0.05) is 33.6 Å². The van der Waals surface area contributed by atoms with Crippen LogP contribution in [0.2, 0.25) is 5.02 Å². The van der Waals surface area contributed by atoms with E-state index in [-0.39, 0.29) is 5.91 Å². The molecule has 6 nitrogen and oxygen atoms in total. The molecule has 8 heteroatoms. The van der Waals surface area contributed by atoms with Gasteiger partial charge < -0.3 is 9.47 Å². The van der Waals surface area contributed by atoms with E-state index in [0.717, 1.165) is 4.47 Å². The van der Waals surface area contributed by atoms with Gasteiger partial charge in [0.1, 0.15) is 11.5 Å². The Bertz CT molecular complexity index is 1090. The Morgan fingerprint density at radius 3 is 2.39 bits per heavy atom. The number of nitrogens with one attached hydrogen (secondary N) is 1. The second-order valence-corrected chi connectivity index (χ2v) is 7.77. The first-order chi connectivity index (χ1) is 14.9. The zero-order chi connectivity index (χ0) is 22.2. The molecule has 0 aromatic heterocycles. The fraction of sp³-hybridized carbons (Fsp3) is 0.0870. The van der Waals surface area contributed by atoms with Crippen LogP contribution in [-0.4, -0.2) is 24.2 Å². The summed E-state index contributed by atoms with van der Waals surface area (Å²) in [6.07, 6.45) is 0.763. The van der Waals surface area contributed by atoms with Crippen molar-refractivity contribution < 1.29 is 19.1 Å². The molecule has 1 N–H and O–H groups in total. The van der Waals surface area contributed by atoms with E-state index in [0.29, 0.717) is 27.6 Å². The van der Waals surface area contributed by atoms with Crippen molar-refractivity contribution in [3.63, 3.8) is 0 Å². The van der Waals surface area contributed by atoms with Gasteiger partial charge in [-0.25, -0.2) is 10.2 Å². The minimum atomic E-state index is -0.716. The second kappa shape index (κ2) is 10.7. The summed E-state index contributed by atoms with van der Waals surface area (Å²) in [5.74, 6) is 0.0719. The number of hydrogen-bond donors (Lipinski definition) is 1. The van der Waals surface area contributed by atoms with Crippen LogP contribution in [0.4, 0.5) is 0 Å². The molecule has 31 heavy (non-hydrogen) atoms. The van der Waals surface area contributed by atoms with Crippen LogP contribution in [0.25, 0.3) is 0 Å². The van der Waals surface area contributed by atoms with Crippen molar-refractivity contribution in [1.29, 1.82) is 0 Å². The van der Waals surface area contributed by atoms with Gasteiger partial charge in [-0.2, -0.15) is 5.10 Å². The summed E-state index contributed by atoms with van der Waals surface area (Å²) in [4.78, 5) is 24.3. The molecule has 3 rings (SSSR count). The van der Waals surface area contributed by atoms with E-state index in [1.165, 1.54) is 12.3 Å². The van der Waals surface area contributed by atoms with E-state index in [1.807, 2.05) is 12.1 Å². The normalized spacial score (nSPS) is 11.7. The molecule has 0 saturated carbocycles. The van der Waals surface area contributed by atoms with Gasteiger partial charge >= 0.3 is 5.97 Å². The molecule has 0 spiro atoms. The van der Waals surface area contributed by atoms with Gasteiger partial charge in [-0.15, -0.1) is 0 Å². The number of esters is 1. The molecule has 0 aliphatic heterocycles. The average Bonchev–Trinajstić information content (AvgIpc) is 2.76. The fourth-order valence-electron chi connectivity index (χ4n) is 2.44. The molecule has 0 saturated heterocycles. The van der Waals surface area contributed by atoms with Gasteiger partial charge in [0.2, 0.25) is 0 Å². The minimum Gasteiger partial charge on any atom is -0.481 e. The highest BCUT2D eigenvalue weighted by Gasteiger charge is 2.14. The summed E-state index contributed by atoms with van der Waals surface area (Å²) in [5, 5.41) is 4.39. The zero-order valence-corrected chi connectivity index (χ0v) is 18.8. The molecule has 0 aliphatic carbocycles. The topological polar surface area (TPSA) is 77.0 Å². The van der Waals surface area contributed by atoms with Crippen molar-refractivity contribution in [1.82, 2.24) is 5.43 Å². The van der Waals surface area contributed by atoms with E-state index in [2.05, 4.69) is 26.5 Å². The minimum absolute atomic E-state index is 0.361. The summed E-state index contributed by atoms with van der Waals surface area (Å²) < 4.78 is 11.8. The lowest BCUT2D eigenvalue weighted by molar-refractivity contribution is -0.127. The number of benzene rings is 3. The summed E-state index contributed by atoms with van der Waals surface area (Å²) >= 11 is 9.23. The first kappa shape index (κ1) is 22.5. The maximum atomic E-state index is 12.1. The van der Waals surface area contributed by atoms with Crippen LogP contribution in [0.5, 0.6) is 11.5 Å². The van der Waals surface area contributed by atoms with Gasteiger partial charge in [0.15, 0.2) is 6.10 Å². The molecule has 1 amide bonds. The van der Waals surface area contributed by atoms with Crippen molar-refractivity contribution in [2.24, 2.45) is 5.10 Å². The summed E-state index contributed by atoms with van der Waals surface area (Å²) in [6, 6.07) is 20.4. The average molecular weight is 502 g/mol. The van der Waals surface area contributed by atoms with Crippen molar-refractivity contribution in [2.45, 2.75) is 13.0 Å². The number of amides is 1. The lowest BCUT2D eigenvalue weighted by Gasteiger charge is -2.12. The van der Waals surface area contributed by atoms with Crippen molar-refractivity contribution in [3.8, 4) is 11.5 Å². The molecule has 0 bridgehead atoms. The molecule has 0 heterocycles. The maximum absolute atomic E-state index is 12.1. The quantitative estimate of drug-likeness (QED) is 0.208. The van der Waals surface area contributed by atoms with E-state index in [1.54, 1.807) is 61.5 Å². The van der Waals surface area contributed by atoms with Crippen LogP contribution in [0.3, 0.4) is 0 Å². The number of nitrogens with zero attached hydrogens (tertiary/aromatic N) is 1. The molecular weight excluding hydrogens is 484 g/mol. The highest BCUT2D eigenvalue weighted by Crippen LogP contribution is 2.18. The van der Waals surface area contributed by atoms with Crippen LogP contribution in [0, 0.1) is 0 Å². The SMILES string of the molecule is C[C@@H](Oc1ccc(Br)cc1)C(=O)N/N=C\c1ccc(OC(=O)c2cccc(Cl)c2)cc1. The smallest absolute Gasteiger partial charge is 0.343 e. The van der Waals surface area contributed by atoms with Gasteiger partial charge in [0.05, 0.1) is 11.8 Å². The van der Waals surface area contributed by atoms with Crippen LogP contribution in [-0.2, 0) is 4.79 Å². The number of carbonyl (C=O) groups is 2. The van der Waals surface area contributed by atoms with Crippen LogP contribution in [0.15, 0.2) is 82.4 Å². The van der Waals surface area contributed by atoms with Crippen LogP contribution < -0.4 is 14.9 Å². The van der Waals surface area contributed by atoms with E-state index in [9.17, 15) is 9.59 Å². The summed E-state index contributed by atoms with van der Waals surface area (Å²) in [6.45, 7) is 1.63. The lowest BCUT2D eigenvalue weighted by atomic mass is 10.2. The molecule has 1 atom stereocenters. The molecule has 3 aromatic rings. The maximum Gasteiger partial charge on any atom is 0.343 e. The molecule has 0 fully saturated rings. The molecule has 0 unspecified atom stereocenters. The molecule has 3 aromatic carbocycles. The Hall–Kier alpha value is -3.16. The Labute approximate surface area is 193 Å². The Balaban J connectivity index is 1.50. The van der Waals surface area contributed by atoms with E-state index in [4.69, 9.17) is 21.1 Å². The van der Waals surface area contributed by atoms with Crippen molar-refractivity contribution in [2.75, 3.05) is 0 Å². The van der Waals surface area contributed by atoms with Gasteiger partial charge in [0.25, 0.3) is 5.91 Å². The van der Waals surface area contributed by atoms with Gasteiger partial charge in [-0.3, -0.25) is 4.79 Å². The Kier molecular flexibility index (Phi) is 7.81. The zero-order valence-electron chi connectivity index (χ0n) is 16.4. The van der Waals surface area contributed by atoms with Gasteiger partial charge in [0, 0.05) is 9.50 Å². The van der Waals surface area contributed by atoms with Crippen molar-refractivity contribution >= 4 is 45.6 Å². The number of ether oxygens (including phenoxy) is 2. The van der Waals surface area contributed by atoms with E-state index >= 15 is 0 Å². The third kappa shape index (κ3) is 6.94. The number of hydrogen-bond acceptors (Lipinski definition) is 5.